The van der Waals surface area contributed by atoms with Crippen LogP contribution >= 0.6 is 0 Å². The van der Waals surface area contributed by atoms with Gasteiger partial charge in [0.15, 0.2) is 40.9 Å². The van der Waals surface area contributed by atoms with Gasteiger partial charge in [-0.05, 0) is 33.6 Å². The van der Waals surface area contributed by atoms with Gasteiger partial charge in [-0.15, -0.1) is 0 Å². The van der Waals surface area contributed by atoms with E-state index in [1.165, 1.54) is 84.4 Å². The van der Waals surface area contributed by atoms with Gasteiger partial charge in [-0.3, -0.25) is 27.1 Å². The summed E-state index contributed by atoms with van der Waals surface area (Å²) in [7, 11) is -7.66. The van der Waals surface area contributed by atoms with E-state index in [-0.39, 0.29) is 46.7 Å². The SMILES string of the molecule is CC[NH+](CC)CC.CNc1ncnc2c1ncn2[C@@H]1O[C@H](COS(=O)(=O)NC(=O)c2ccccc2[O-])[C@@H](O)[C@H]1O.O=C(NS(=O)(=O)OC[C@H]1O[C@@H](n2cnc3c(NC4CCCC4)ncnc32)[C@H](O)[C@@H]1O)c1ccccc1[O-].[Na+]. The number of carbonyl (C=O) groups excluding carboxylic acids is 2. The van der Waals surface area contributed by atoms with Crippen molar-refractivity contribution in [2.75, 3.05) is 50.5 Å². The number of nitrogens with one attached hydrogen (secondary N) is 5. The molecule has 9 rings (SSSR count). The minimum atomic E-state index is -4.66. The molecule has 6 aromatic rings. The third-order valence-electron chi connectivity index (χ3n) is 12.8. The first kappa shape index (κ1) is 61.4. The van der Waals surface area contributed by atoms with Crippen LogP contribution in [-0.2, 0) is 38.4 Å². The number of aliphatic hydroxyl groups excluding tert-OH is 4. The van der Waals surface area contributed by atoms with Crippen LogP contribution in [0.15, 0.2) is 73.8 Å². The van der Waals surface area contributed by atoms with Crippen molar-refractivity contribution in [2.24, 2.45) is 0 Å². The van der Waals surface area contributed by atoms with E-state index in [2.05, 4.69) is 61.3 Å². The molecule has 3 fully saturated rings. The second-order valence-corrected chi connectivity index (χ2v) is 20.4. The molecule has 418 valence electrons. The summed E-state index contributed by atoms with van der Waals surface area (Å²) in [5.74, 6) is -2.67. The summed E-state index contributed by atoms with van der Waals surface area (Å²) in [6.07, 6.45) is -1.13. The molecule has 9 N–H and O–H groups in total. The first-order valence-electron chi connectivity index (χ1n) is 24.4. The fraction of sp³-hybridized carbons (Fsp3) is 0.478. The van der Waals surface area contributed by atoms with Crippen molar-refractivity contribution in [3.05, 3.63) is 85.0 Å². The van der Waals surface area contributed by atoms with Crippen molar-refractivity contribution in [3.8, 4) is 11.5 Å². The van der Waals surface area contributed by atoms with Crippen molar-refractivity contribution < 1.29 is 109 Å². The molecule has 2 aromatic carbocycles. The average molecular weight is 1140 g/mol. The minimum Gasteiger partial charge on any atom is -0.872 e. The number of ether oxygens (including phenoxy) is 2. The standard InChI is InChI=1S/C22H26N6O8S.C18H20N6O8S.C6H15N.Na/c29-14-8-4-3-7-13(14)21(32)27-37(33,34)35-9-15-17(30)18(31)22(36-15)28-11-25-16-19(23-10-24-20(16)28)26-12-5-1-2-6-12;1-19-15-12-16(21-7-20-15)24(8-22-12)18-14(27)13(26)11(32-18)6-31-33(29,30)23-17(28)9-4-2-3-5-10(9)25;1-4-7(5-2)6-3;/h3-4,7-8,10-12,15,17-18,22,29-31H,1-2,5-6,9H2,(H,27,32)(H,23,24,26);2-5,7-8,11,13-14,18,25-27H,6H2,1H3,(H,23,28)(H,19,20,21);4-6H2,1-3H3;/q;;;+1/p-1/t15-,17-,18-,22-;11-,13-,14-,18-;;/m11../s1. The molecule has 3 aliphatic rings. The summed E-state index contributed by atoms with van der Waals surface area (Å²) in [5, 5.41) is 71.5. The number of aromatic nitrogens is 8. The summed E-state index contributed by atoms with van der Waals surface area (Å²) < 4.78 is 75.6. The first-order valence-corrected chi connectivity index (χ1v) is 27.2. The Morgan fingerprint density at radius 3 is 1.46 bits per heavy atom. The number of carbonyl (C=O) groups is 2. The van der Waals surface area contributed by atoms with Crippen molar-refractivity contribution in [3.63, 3.8) is 0 Å². The van der Waals surface area contributed by atoms with Crippen LogP contribution in [0.2, 0.25) is 0 Å². The molecule has 32 heteroatoms. The van der Waals surface area contributed by atoms with E-state index >= 15 is 0 Å². The van der Waals surface area contributed by atoms with Crippen LogP contribution in [0.1, 0.15) is 79.6 Å². The number of anilines is 2. The predicted octanol–water partition coefficient (Wildman–Crippen LogP) is -5.25. The molecule has 8 atom stereocenters. The first-order chi connectivity index (χ1) is 36.8. The molecule has 0 bridgehead atoms. The van der Waals surface area contributed by atoms with Gasteiger partial charge >= 0.3 is 50.2 Å². The molecule has 1 aliphatic carbocycles. The normalized spacial score (nSPS) is 22.3. The van der Waals surface area contributed by atoms with Gasteiger partial charge in [0.2, 0.25) is 0 Å². The second-order valence-electron chi connectivity index (χ2n) is 17.7. The molecule has 2 saturated heterocycles. The molecule has 0 radical (unpaired) electrons. The number of nitrogens with zero attached hydrogens (tertiary/aromatic N) is 8. The van der Waals surface area contributed by atoms with E-state index in [1.807, 2.05) is 0 Å². The van der Waals surface area contributed by atoms with Crippen molar-refractivity contribution >= 4 is 66.4 Å². The Bertz CT molecular complexity index is 3200. The van der Waals surface area contributed by atoms with E-state index in [4.69, 9.17) is 17.8 Å². The molecule has 78 heavy (non-hydrogen) atoms. The summed E-state index contributed by atoms with van der Waals surface area (Å²) in [6.45, 7) is 9.05. The zero-order valence-corrected chi connectivity index (χ0v) is 46.7. The van der Waals surface area contributed by atoms with E-state index in [0.29, 0.717) is 34.0 Å². The quantitative estimate of drug-likeness (QED) is 0.0363. The number of imidazole rings is 2. The van der Waals surface area contributed by atoms with Gasteiger partial charge in [-0.25, -0.2) is 39.3 Å². The number of benzene rings is 2. The van der Waals surface area contributed by atoms with Crippen LogP contribution in [0.25, 0.3) is 22.3 Å². The van der Waals surface area contributed by atoms with Crippen molar-refractivity contribution in [2.45, 2.75) is 102 Å². The maximum atomic E-state index is 12.2. The van der Waals surface area contributed by atoms with E-state index < -0.39 is 106 Å². The van der Waals surface area contributed by atoms with Gasteiger partial charge < -0.3 is 55.6 Å². The number of quaternary nitrogens is 1. The number of fused-ring (bicyclic) bond motifs is 2. The van der Waals surface area contributed by atoms with Gasteiger partial charge in [-0.1, -0.05) is 72.9 Å². The largest absolute Gasteiger partial charge is 1.00 e. The second kappa shape index (κ2) is 27.4. The minimum absolute atomic E-state index is 0. The Hall–Kier alpha value is -5.78. The zero-order valence-electron chi connectivity index (χ0n) is 43.1. The average Bonchev–Trinajstić information content (AvgIpc) is 4.39. The van der Waals surface area contributed by atoms with Crippen molar-refractivity contribution in [1.29, 1.82) is 0 Å². The smallest absolute Gasteiger partial charge is 0.872 e. The molecule has 2 amide bonds. The number of amides is 2. The molecule has 0 unspecified atom stereocenters. The molecular weight excluding hydrogens is 1080 g/mol. The van der Waals surface area contributed by atoms with Gasteiger partial charge in [-0.2, -0.15) is 16.8 Å². The number of aliphatic hydroxyl groups is 4. The number of hydrogen-bond donors (Lipinski definition) is 9. The Morgan fingerprint density at radius 2 is 1.06 bits per heavy atom. The van der Waals surface area contributed by atoms with Gasteiger partial charge in [0, 0.05) is 24.2 Å². The Balaban J connectivity index is 0.000000223. The third-order valence-corrected chi connectivity index (χ3v) is 14.6. The van der Waals surface area contributed by atoms with Gasteiger partial charge in [0.1, 0.15) is 54.8 Å². The fourth-order valence-electron chi connectivity index (χ4n) is 8.59. The Morgan fingerprint density at radius 1 is 0.654 bits per heavy atom. The summed E-state index contributed by atoms with van der Waals surface area (Å²) >= 11 is 0. The predicted molar refractivity (Wildman–Crippen MR) is 267 cm³/mol. The fourth-order valence-corrected chi connectivity index (χ4v) is 10.0. The molecule has 6 heterocycles. The molecule has 4 aromatic heterocycles. The van der Waals surface area contributed by atoms with Crippen LogP contribution in [0.5, 0.6) is 11.5 Å². The van der Waals surface area contributed by atoms with Crippen LogP contribution in [0.3, 0.4) is 0 Å². The summed E-state index contributed by atoms with van der Waals surface area (Å²) in [5.41, 5.74) is 0.760. The Labute approximate surface area is 470 Å². The topological polar surface area (TPSA) is 406 Å². The van der Waals surface area contributed by atoms with Crippen molar-refractivity contribution in [1.82, 2.24) is 48.5 Å². The molecular formula is C46H60N13NaO16S2. The van der Waals surface area contributed by atoms with Crippen LogP contribution in [-0.4, -0.2) is 171 Å². The zero-order chi connectivity index (χ0) is 55.6. The molecule has 1 saturated carbocycles. The van der Waals surface area contributed by atoms with Crippen LogP contribution < -0.4 is 64.7 Å². The van der Waals surface area contributed by atoms with Gasteiger partial charge in [0.05, 0.1) is 45.5 Å². The van der Waals surface area contributed by atoms with E-state index in [9.17, 15) is 57.1 Å². The summed E-state index contributed by atoms with van der Waals surface area (Å²) in [4.78, 5) is 51.1. The number of rotatable bonds is 18. The molecule has 2 aliphatic heterocycles. The number of hydrogen-bond acceptors (Lipinski definition) is 24. The monoisotopic (exact) mass is 1140 g/mol. The van der Waals surface area contributed by atoms with E-state index in [0.717, 1.165) is 43.9 Å². The van der Waals surface area contributed by atoms with E-state index in [1.54, 1.807) is 21.4 Å². The van der Waals surface area contributed by atoms with Crippen LogP contribution in [0.4, 0.5) is 11.6 Å². The summed E-state index contributed by atoms with van der Waals surface area (Å²) in [6, 6.07) is 10.5. The Kier molecular flexibility index (Phi) is 21.6. The van der Waals surface area contributed by atoms with Crippen LogP contribution in [0, 0.1) is 0 Å². The number of para-hydroxylation sites is 2. The maximum Gasteiger partial charge on any atom is 1.00 e. The molecule has 0 spiro atoms. The third kappa shape index (κ3) is 14.7. The van der Waals surface area contributed by atoms with Gasteiger partial charge in [0.25, 0.3) is 11.8 Å². The maximum absolute atomic E-state index is 12.2. The molecule has 29 nitrogen and oxygen atoms in total.